The highest BCUT2D eigenvalue weighted by Crippen LogP contribution is 2.37. The third-order valence-corrected chi connectivity index (χ3v) is 9.18. The maximum Gasteiger partial charge on any atom is 0.409 e. The van der Waals surface area contributed by atoms with Gasteiger partial charge >= 0.3 is 6.09 Å². The first-order valence-electron chi connectivity index (χ1n) is 12.1. The Kier molecular flexibility index (Phi) is 9.52. The zero-order valence-electron chi connectivity index (χ0n) is 21.0. The largest absolute Gasteiger partial charge is 0.449 e. The summed E-state index contributed by atoms with van der Waals surface area (Å²) >= 11 is 5.89. The van der Waals surface area contributed by atoms with Crippen molar-refractivity contribution in [2.24, 2.45) is 11.8 Å². The molecule has 0 spiro atoms. The Bertz CT molecular complexity index is 1220. The van der Waals surface area contributed by atoms with Crippen LogP contribution in [-0.4, -0.2) is 63.0 Å². The maximum atomic E-state index is 14.8. The molecule has 1 unspecified atom stereocenters. The standard InChI is InChI=1S/C26H31ClF2N2O5S/c1-4-17(2)25(32)30-11-13-31(14-12-30)26(33)36-16-18(3)24(22-15-20(28)7-10-23(22)29)37(34,35)21-8-5-19(27)6-9-21/h5-10,15,17-18,24H,4,11-14,16H2,1-3H3/t17?,18-,24+/m1/s1. The molecule has 0 radical (unpaired) electrons. The quantitative estimate of drug-likeness (QED) is 0.452. The van der Waals surface area contributed by atoms with Gasteiger partial charge in [0.2, 0.25) is 5.91 Å². The van der Waals surface area contributed by atoms with Gasteiger partial charge in [0.1, 0.15) is 11.6 Å². The zero-order chi connectivity index (χ0) is 27.3. The summed E-state index contributed by atoms with van der Waals surface area (Å²) in [7, 11) is -4.22. The van der Waals surface area contributed by atoms with Crippen molar-refractivity contribution in [3.8, 4) is 0 Å². The van der Waals surface area contributed by atoms with Gasteiger partial charge in [-0.25, -0.2) is 22.0 Å². The Morgan fingerprint density at radius 3 is 2.19 bits per heavy atom. The molecule has 1 saturated heterocycles. The molecule has 0 saturated carbocycles. The van der Waals surface area contributed by atoms with Gasteiger partial charge in [-0.15, -0.1) is 0 Å². The third kappa shape index (κ3) is 6.78. The van der Waals surface area contributed by atoms with Crippen LogP contribution in [-0.2, 0) is 19.4 Å². The van der Waals surface area contributed by atoms with Crippen LogP contribution in [0.2, 0.25) is 5.02 Å². The zero-order valence-corrected chi connectivity index (χ0v) is 22.6. The topological polar surface area (TPSA) is 84.0 Å². The summed E-state index contributed by atoms with van der Waals surface area (Å²) in [4.78, 5) is 28.1. The van der Waals surface area contributed by atoms with Gasteiger partial charge in [0.05, 0.1) is 16.8 Å². The van der Waals surface area contributed by atoms with Crippen LogP contribution in [0.15, 0.2) is 47.4 Å². The average molecular weight is 557 g/mol. The van der Waals surface area contributed by atoms with Crippen LogP contribution >= 0.6 is 11.6 Å². The Morgan fingerprint density at radius 1 is 1.00 bits per heavy atom. The molecule has 3 atom stereocenters. The summed E-state index contributed by atoms with van der Waals surface area (Å²) in [6.45, 7) is 6.25. The number of benzene rings is 2. The fraction of sp³-hybridized carbons (Fsp3) is 0.462. The number of nitrogens with zero attached hydrogens (tertiary/aromatic N) is 2. The average Bonchev–Trinajstić information content (AvgIpc) is 2.88. The van der Waals surface area contributed by atoms with E-state index in [1.807, 2.05) is 13.8 Å². The van der Waals surface area contributed by atoms with Crippen LogP contribution in [0, 0.1) is 23.5 Å². The van der Waals surface area contributed by atoms with Gasteiger partial charge in [-0.1, -0.05) is 32.4 Å². The molecule has 0 bridgehead atoms. The molecule has 11 heteroatoms. The van der Waals surface area contributed by atoms with Crippen molar-refractivity contribution < 1.29 is 31.5 Å². The van der Waals surface area contributed by atoms with Gasteiger partial charge in [0.15, 0.2) is 9.84 Å². The molecule has 2 amide bonds. The van der Waals surface area contributed by atoms with E-state index in [0.29, 0.717) is 18.1 Å². The lowest BCUT2D eigenvalue weighted by Crippen LogP contribution is -2.52. The lowest BCUT2D eigenvalue weighted by molar-refractivity contribution is -0.136. The second kappa shape index (κ2) is 12.2. The second-order valence-electron chi connectivity index (χ2n) is 9.26. The monoisotopic (exact) mass is 556 g/mol. The van der Waals surface area contributed by atoms with E-state index in [0.717, 1.165) is 24.6 Å². The first-order chi connectivity index (χ1) is 17.4. The molecule has 1 aliphatic heterocycles. The number of rotatable bonds is 8. The second-order valence-corrected chi connectivity index (χ2v) is 11.8. The van der Waals surface area contributed by atoms with Gasteiger partial charge in [0, 0.05) is 48.6 Å². The number of amides is 2. The van der Waals surface area contributed by atoms with E-state index in [-0.39, 0.29) is 42.0 Å². The molecule has 0 aromatic heterocycles. The molecule has 0 N–H and O–H groups in total. The van der Waals surface area contributed by atoms with Crippen molar-refractivity contribution in [1.82, 2.24) is 9.80 Å². The Balaban J connectivity index is 1.75. The molecule has 7 nitrogen and oxygen atoms in total. The molecular weight excluding hydrogens is 526 g/mol. The summed E-state index contributed by atoms with van der Waals surface area (Å²) in [6, 6.07) is 7.99. The fourth-order valence-corrected chi connectivity index (χ4v) is 6.40. The molecule has 1 aliphatic rings. The van der Waals surface area contributed by atoms with Crippen LogP contribution in [0.3, 0.4) is 0 Å². The number of ether oxygens (including phenoxy) is 1. The number of carbonyl (C=O) groups is 2. The van der Waals surface area contributed by atoms with Crippen molar-refractivity contribution in [2.75, 3.05) is 32.8 Å². The Labute approximate surface area is 221 Å². The smallest absolute Gasteiger partial charge is 0.409 e. The van der Waals surface area contributed by atoms with E-state index in [1.54, 1.807) is 4.90 Å². The third-order valence-electron chi connectivity index (χ3n) is 6.61. The minimum atomic E-state index is -4.22. The van der Waals surface area contributed by atoms with Crippen molar-refractivity contribution in [2.45, 2.75) is 37.3 Å². The minimum Gasteiger partial charge on any atom is -0.449 e. The molecule has 2 aromatic rings. The first-order valence-corrected chi connectivity index (χ1v) is 14.0. The molecule has 2 aromatic carbocycles. The summed E-state index contributed by atoms with van der Waals surface area (Å²) < 4.78 is 61.3. The summed E-state index contributed by atoms with van der Waals surface area (Å²) in [6.07, 6.45) is 0.0650. The lowest BCUT2D eigenvalue weighted by atomic mass is 10.0. The Morgan fingerprint density at radius 2 is 1.59 bits per heavy atom. The highest BCUT2D eigenvalue weighted by Gasteiger charge is 2.37. The molecule has 1 heterocycles. The van der Waals surface area contributed by atoms with E-state index in [1.165, 1.54) is 36.1 Å². The molecule has 202 valence electrons. The van der Waals surface area contributed by atoms with Gasteiger partial charge in [0.25, 0.3) is 0 Å². The highest BCUT2D eigenvalue weighted by atomic mass is 35.5. The van der Waals surface area contributed by atoms with Gasteiger partial charge < -0.3 is 14.5 Å². The predicted octanol–water partition coefficient (Wildman–Crippen LogP) is 5.10. The van der Waals surface area contributed by atoms with Crippen LogP contribution in [0.1, 0.15) is 38.0 Å². The van der Waals surface area contributed by atoms with E-state index in [2.05, 4.69) is 0 Å². The van der Waals surface area contributed by atoms with E-state index in [4.69, 9.17) is 16.3 Å². The number of hydrogen-bond donors (Lipinski definition) is 0. The van der Waals surface area contributed by atoms with E-state index < -0.39 is 38.7 Å². The van der Waals surface area contributed by atoms with Gasteiger partial charge in [-0.2, -0.15) is 0 Å². The van der Waals surface area contributed by atoms with Crippen molar-refractivity contribution in [3.05, 3.63) is 64.7 Å². The molecule has 3 rings (SSSR count). The summed E-state index contributed by atoms with van der Waals surface area (Å²) in [5.41, 5.74) is -0.351. The Hall–Kier alpha value is -2.72. The van der Waals surface area contributed by atoms with Gasteiger partial charge in [-0.3, -0.25) is 4.79 Å². The predicted molar refractivity (Wildman–Crippen MR) is 136 cm³/mol. The molecule has 37 heavy (non-hydrogen) atoms. The van der Waals surface area contributed by atoms with E-state index >= 15 is 0 Å². The lowest BCUT2D eigenvalue weighted by Gasteiger charge is -2.35. The summed E-state index contributed by atoms with van der Waals surface area (Å²) in [5.74, 6) is -2.65. The van der Waals surface area contributed by atoms with Crippen molar-refractivity contribution in [1.29, 1.82) is 0 Å². The van der Waals surface area contributed by atoms with Crippen LogP contribution in [0.5, 0.6) is 0 Å². The van der Waals surface area contributed by atoms with Crippen LogP contribution in [0.25, 0.3) is 0 Å². The van der Waals surface area contributed by atoms with Crippen molar-refractivity contribution >= 4 is 33.4 Å². The highest BCUT2D eigenvalue weighted by molar-refractivity contribution is 7.91. The molecule has 1 fully saturated rings. The first kappa shape index (κ1) is 28.8. The molecule has 0 aliphatic carbocycles. The number of piperazine rings is 1. The normalized spacial score (nSPS) is 16.7. The number of carbonyl (C=O) groups excluding carboxylic acids is 2. The van der Waals surface area contributed by atoms with Crippen molar-refractivity contribution in [3.63, 3.8) is 0 Å². The molecular formula is C26H31ClF2N2O5S. The SMILES string of the molecule is CCC(C)C(=O)N1CCN(C(=O)OC[C@@H](C)[C@@H](c2cc(F)ccc2F)S(=O)(=O)c2ccc(Cl)cc2)CC1. The van der Waals surface area contributed by atoms with E-state index in [9.17, 15) is 26.8 Å². The minimum absolute atomic E-state index is 0.0384. The number of hydrogen-bond acceptors (Lipinski definition) is 5. The maximum absolute atomic E-state index is 14.8. The van der Waals surface area contributed by atoms with Gasteiger partial charge in [-0.05, 0) is 48.9 Å². The number of halogens is 3. The van der Waals surface area contributed by atoms with Crippen LogP contribution in [0.4, 0.5) is 13.6 Å². The fourth-order valence-electron chi connectivity index (χ4n) is 4.26. The number of sulfone groups is 1. The van der Waals surface area contributed by atoms with Crippen LogP contribution < -0.4 is 0 Å². The summed E-state index contributed by atoms with van der Waals surface area (Å²) in [5, 5.41) is -1.21.